The van der Waals surface area contributed by atoms with Crippen LogP contribution in [0.4, 0.5) is 110 Å². The number of benzene rings is 2. The largest absolute Gasteiger partial charge is 0.619 e. The van der Waals surface area contributed by atoms with Crippen LogP contribution in [0, 0.1) is 84.4 Å². The molecule has 11 aromatic rings. The van der Waals surface area contributed by atoms with Gasteiger partial charge >= 0.3 is 18.5 Å². The fourth-order valence-electron chi connectivity index (χ4n) is 17.8. The Hall–Kier alpha value is -14.7. The van der Waals surface area contributed by atoms with Gasteiger partial charge in [-0.2, -0.15) is 85.2 Å². The number of anilines is 9. The summed E-state index contributed by atoms with van der Waals surface area (Å²) in [7, 11) is 0. The van der Waals surface area contributed by atoms with Crippen molar-refractivity contribution in [1.29, 1.82) is 21.0 Å². The fourth-order valence-corrected chi connectivity index (χ4v) is 17.8. The van der Waals surface area contributed by atoms with Crippen molar-refractivity contribution in [3.63, 3.8) is 0 Å². The summed E-state index contributed by atoms with van der Waals surface area (Å²) in [6, 6.07) is 29.0. The average molecular weight is 2090 g/mol. The minimum Gasteiger partial charge on any atom is -0.619 e. The predicted molar refractivity (Wildman–Crippen MR) is 533 cm³/mol. The van der Waals surface area contributed by atoms with Crippen LogP contribution in [0.2, 0.25) is 0 Å². The SMILES string of the molecule is C.CC(F)(F)c1cc[n+]([O-])cc1CCc1ncc(C(F)(F)F)c(N[C@@H]2C[C@H](CO)C2(C)C)n1.CC1(C)[C@@H](O)C[C@H]1Nc1nc(NCc2c[nH+]ccc2C(F)(F)F)ncc1C#N.CC1(C)[C@H](CO)C[C@H]1Nc1nc(NCc2ccccc2C(F)(F)F)ncc1C#N.CC1(O)CCC(Nc2nc(NCc3cccnc3C(C)(C)F)ncc2C#N)CC1.N#Cc1cnc(NCc2cccnc2-c2ccc(F)cc2)nc1NC1CCC(O)CC1. The highest BCUT2D eigenvalue weighted by atomic mass is 19.4. The molecule has 5 aliphatic rings. The lowest BCUT2D eigenvalue weighted by atomic mass is 9.59. The Morgan fingerprint density at radius 2 is 0.887 bits per heavy atom. The van der Waals surface area contributed by atoms with Crippen LogP contribution in [0.3, 0.4) is 0 Å². The number of pyridine rings is 4. The lowest BCUT2D eigenvalue weighted by Gasteiger charge is -2.52. The van der Waals surface area contributed by atoms with Crippen LogP contribution in [0.15, 0.2) is 153 Å². The van der Waals surface area contributed by atoms with Crippen molar-refractivity contribution in [2.75, 3.05) is 61.1 Å². The monoisotopic (exact) mass is 2090 g/mol. The fraction of sp³-hybridized carbons (Fsp3) is 0.462. The highest BCUT2D eigenvalue weighted by Gasteiger charge is 2.51. The molecule has 5 aliphatic carbocycles. The number of aliphatic hydroxyl groups excluding tert-OH is 4. The van der Waals surface area contributed by atoms with E-state index >= 15 is 0 Å². The van der Waals surface area contributed by atoms with Crippen LogP contribution in [0.1, 0.15) is 231 Å². The number of aliphatic hydroxyl groups is 5. The molecule has 6 atom stereocenters. The van der Waals surface area contributed by atoms with Crippen LogP contribution >= 0.6 is 0 Å². The van der Waals surface area contributed by atoms with Gasteiger partial charge in [-0.25, -0.2) is 52.4 Å². The number of nitrogens with zero attached hydrogens (tertiary/aromatic N) is 17. The van der Waals surface area contributed by atoms with E-state index in [9.17, 15) is 109 Å². The third-order valence-corrected chi connectivity index (χ3v) is 27.6. The summed E-state index contributed by atoms with van der Waals surface area (Å²) in [6.07, 6.45) is 7.50. The highest BCUT2D eigenvalue weighted by Crippen LogP contribution is 2.50. The van der Waals surface area contributed by atoms with Crippen molar-refractivity contribution in [3.8, 4) is 35.5 Å². The zero-order valence-corrected chi connectivity index (χ0v) is 83.2. The van der Waals surface area contributed by atoms with E-state index in [4.69, 9.17) is 0 Å². The molecular formula is C104H121F13N27O6+. The molecule has 0 aliphatic heterocycles. The van der Waals surface area contributed by atoms with Gasteiger partial charge in [0, 0.05) is 141 Å². The van der Waals surface area contributed by atoms with Crippen LogP contribution < -0.4 is 57.6 Å². The number of rotatable bonds is 30. The minimum atomic E-state index is -4.68. The standard InChI is InChI=1S/C23H23FN6O.C21H25F5N4O2.C21H27FN6O.C20H22F3N5O.C18H19F3N6O.CH4/c24-18-5-3-15(4-6-18)21-16(2-1-11-26-21)13-27-23-28-14-17(12-25)22(30-23)29-19-7-9-20(31)10-8-19;1-19(2)13(11-31)8-16(19)28-18-15(21(24,25)26)9-27-17(29-18)5-4-12-10-30(32)7-6-14(12)20(3,22)23;1-20(2,22)17-14(5-4-10-24-17)12-25-19-26-13-15(11-23)18(28-19)27-16-6-8-21(3,29)9-7-16;1-19(2)14(11-29)7-16(19)27-17-13(8-24)10-26-18(28-17)25-9-12-5-3-4-6-15(12)20(21,22)23;1-17(2)13(5-14(17)28)26-15-10(6-22)8-24-16(27-15)25-9-11-7-23-4-3-12(11)18(19,20)21;/h1-6,11,14,19-20,31H,7-10,13H2,(H2,27,28,29,30);6-7,9-10,13,16,31H,4-5,8,11H2,1-3H3,(H,27,28,29);4-5,10,13,16,29H,6-9,12H2,1-3H3,(H2,25,26,27,28);3-6,10,14,16,29H,7,9,11H2,1-2H3,(H2,25,26,27,28);3-4,7-8,13-14,28H,5,9H2,1-2H3,(H2,24,25,26,27);1H4/p+1/t;13-,16-;;14-,16+;13-,14+;/m.1.01./s1. The van der Waals surface area contributed by atoms with Crippen LogP contribution in [0.25, 0.3) is 11.3 Å². The topological polar surface area (TPSA) is 500 Å². The molecule has 9 aromatic heterocycles. The van der Waals surface area contributed by atoms with Gasteiger partial charge in [0.05, 0.1) is 65.1 Å². The third-order valence-electron chi connectivity index (χ3n) is 27.6. The van der Waals surface area contributed by atoms with Gasteiger partial charge in [-0.15, -0.1) is 0 Å². The normalized spacial score (nSPS) is 20.3. The molecule has 0 bridgehead atoms. The first-order chi connectivity index (χ1) is 70.3. The van der Waals surface area contributed by atoms with Crippen molar-refractivity contribution in [2.45, 2.75) is 264 Å². The second-order valence-corrected chi connectivity index (χ2v) is 39.7. The number of aromatic amines is 1. The molecule has 0 saturated heterocycles. The number of aromatic nitrogens is 14. The Morgan fingerprint density at radius 3 is 1.35 bits per heavy atom. The number of nitrogens with one attached hydrogen (secondary N) is 10. The molecule has 0 unspecified atom stereocenters. The first-order valence-electron chi connectivity index (χ1n) is 48.1. The molecule has 0 spiro atoms. The van der Waals surface area contributed by atoms with Gasteiger partial charge < -0.3 is 78.6 Å². The van der Waals surface area contributed by atoms with Crippen LogP contribution in [0.5, 0.6) is 0 Å². The molecule has 2 aromatic carbocycles. The van der Waals surface area contributed by atoms with Gasteiger partial charge in [0.15, 0.2) is 24.8 Å². The molecule has 46 heteroatoms. The molecule has 150 heavy (non-hydrogen) atoms. The summed E-state index contributed by atoms with van der Waals surface area (Å²) in [5.41, 5.74) is -1.06. The molecule has 0 amide bonds. The lowest BCUT2D eigenvalue weighted by Crippen LogP contribution is -2.57. The van der Waals surface area contributed by atoms with E-state index in [1.807, 2.05) is 78.8 Å². The van der Waals surface area contributed by atoms with Crippen molar-refractivity contribution in [1.82, 2.24) is 59.8 Å². The summed E-state index contributed by atoms with van der Waals surface area (Å²) < 4.78 is 175. The minimum absolute atomic E-state index is 0. The summed E-state index contributed by atoms with van der Waals surface area (Å²) >= 11 is 0. The zero-order valence-electron chi connectivity index (χ0n) is 83.2. The maximum Gasteiger partial charge on any atom is 0.421 e. The van der Waals surface area contributed by atoms with Crippen molar-refractivity contribution < 1.29 is 92.3 Å². The van der Waals surface area contributed by atoms with Gasteiger partial charge in [0.25, 0.3) is 5.92 Å². The molecule has 5 saturated carbocycles. The van der Waals surface area contributed by atoms with Gasteiger partial charge in [0.2, 0.25) is 23.8 Å². The summed E-state index contributed by atoms with van der Waals surface area (Å²) in [5.74, 6) is -1.20. The van der Waals surface area contributed by atoms with E-state index in [1.54, 1.807) is 30.6 Å². The molecule has 5 fully saturated rings. The summed E-state index contributed by atoms with van der Waals surface area (Å²) in [5, 5.41) is 125. The molecule has 16 rings (SSSR count). The van der Waals surface area contributed by atoms with Gasteiger partial charge in [-0.1, -0.05) is 79.3 Å². The zero-order chi connectivity index (χ0) is 108. The van der Waals surface area contributed by atoms with Gasteiger partial charge in [0.1, 0.15) is 98.5 Å². The maximum atomic E-state index is 14.4. The second-order valence-electron chi connectivity index (χ2n) is 39.7. The number of nitriles is 4. The summed E-state index contributed by atoms with van der Waals surface area (Å²) in [4.78, 5) is 53.0. The third kappa shape index (κ3) is 30.1. The second kappa shape index (κ2) is 49.2. The Morgan fingerprint density at radius 1 is 0.453 bits per heavy atom. The Bertz CT molecular complexity index is 6590. The van der Waals surface area contributed by atoms with E-state index in [0.717, 1.165) is 97.9 Å². The number of aryl methyl sites for hydroxylation is 2. The predicted octanol–water partition coefficient (Wildman–Crippen LogP) is 18.2. The molecule has 15 N–H and O–H groups in total. The van der Waals surface area contributed by atoms with Crippen LogP contribution in [-0.2, 0) is 69.1 Å². The molecule has 33 nitrogen and oxygen atoms in total. The van der Waals surface area contributed by atoms with E-state index in [1.165, 1.54) is 81.4 Å². The van der Waals surface area contributed by atoms with E-state index < -0.39 is 63.9 Å². The van der Waals surface area contributed by atoms with Crippen molar-refractivity contribution >= 4 is 52.9 Å². The Labute approximate surface area is 859 Å². The first-order valence-corrected chi connectivity index (χ1v) is 48.1. The molecular weight excluding hydrogens is 1970 g/mol. The van der Waals surface area contributed by atoms with Gasteiger partial charge in [-0.3, -0.25) is 9.97 Å². The van der Waals surface area contributed by atoms with Crippen molar-refractivity contribution in [2.24, 2.45) is 28.1 Å². The lowest BCUT2D eigenvalue weighted by molar-refractivity contribution is -0.606. The summed E-state index contributed by atoms with van der Waals surface area (Å²) in [6.45, 7) is 17.6. The Kier molecular flexibility index (Phi) is 37.9. The number of alkyl halides is 12. The number of hydrogen-bond acceptors (Lipinski definition) is 31. The number of H-pyrrole nitrogens is 1. The van der Waals surface area contributed by atoms with Crippen molar-refractivity contribution in [3.05, 3.63) is 248 Å². The average Bonchev–Trinajstić information content (AvgIpc) is 0.775. The number of hydrogen-bond donors (Lipinski definition) is 14. The van der Waals surface area contributed by atoms with Crippen LogP contribution in [-0.4, -0.2) is 147 Å². The van der Waals surface area contributed by atoms with E-state index in [2.05, 4.69) is 125 Å². The molecule has 798 valence electrons. The highest BCUT2D eigenvalue weighted by molar-refractivity contribution is 5.64. The smallest absolute Gasteiger partial charge is 0.421 e. The number of halogens is 13. The Balaban J connectivity index is 0.000000178. The molecule has 0 radical (unpaired) electrons. The van der Waals surface area contributed by atoms with E-state index in [0.29, 0.717) is 103 Å². The molecule has 9 heterocycles. The van der Waals surface area contributed by atoms with E-state index in [-0.39, 0.29) is 174 Å². The quantitative estimate of drug-likeness (QED) is 0.0113. The van der Waals surface area contributed by atoms with Gasteiger partial charge in [-0.05, 0) is 180 Å². The maximum absolute atomic E-state index is 14.4. The first kappa shape index (κ1) is 116.